The third kappa shape index (κ3) is 1.37. The minimum Gasteiger partial charge on any atom is -0.324 e. The maximum absolute atomic E-state index is 6.02. The van der Waals surface area contributed by atoms with Crippen molar-refractivity contribution in [3.63, 3.8) is 0 Å². The number of benzene rings is 1. The van der Waals surface area contributed by atoms with Gasteiger partial charge in [-0.2, -0.15) is 0 Å². The van der Waals surface area contributed by atoms with Crippen molar-refractivity contribution in [3.05, 3.63) is 34.9 Å². The molecule has 1 heteroatoms. The van der Waals surface area contributed by atoms with Crippen LogP contribution >= 0.6 is 0 Å². The molecule has 0 fully saturated rings. The van der Waals surface area contributed by atoms with Crippen molar-refractivity contribution in [3.8, 4) is 0 Å². The highest BCUT2D eigenvalue weighted by molar-refractivity contribution is 5.42. The van der Waals surface area contributed by atoms with Crippen molar-refractivity contribution >= 4 is 0 Å². The van der Waals surface area contributed by atoms with Gasteiger partial charge in [-0.1, -0.05) is 32.0 Å². The Balaban J connectivity index is 2.51. The lowest BCUT2D eigenvalue weighted by molar-refractivity contribution is 0.712. The molecule has 0 saturated carbocycles. The standard InChI is InChI=1S/C12H17N/c1-8(2)9-4-3-5-11-10(9)6-7-12(11)13/h3-5,8,12H,6-7,13H2,1-2H3/t12-/m1/s1. The van der Waals surface area contributed by atoms with Crippen LogP contribution in [0.15, 0.2) is 18.2 Å². The normalized spacial score (nSPS) is 20.8. The van der Waals surface area contributed by atoms with Crippen molar-refractivity contribution in [1.29, 1.82) is 0 Å². The molecule has 0 unspecified atom stereocenters. The van der Waals surface area contributed by atoms with E-state index in [0.29, 0.717) is 5.92 Å². The number of nitrogens with two attached hydrogens (primary N) is 1. The fourth-order valence-electron chi connectivity index (χ4n) is 2.26. The maximum Gasteiger partial charge on any atom is 0.0300 e. The summed E-state index contributed by atoms with van der Waals surface area (Å²) < 4.78 is 0. The van der Waals surface area contributed by atoms with Gasteiger partial charge in [-0.05, 0) is 35.4 Å². The van der Waals surface area contributed by atoms with Gasteiger partial charge in [0.1, 0.15) is 0 Å². The molecule has 0 aromatic heterocycles. The fourth-order valence-corrected chi connectivity index (χ4v) is 2.26. The lowest BCUT2D eigenvalue weighted by Crippen LogP contribution is -2.05. The van der Waals surface area contributed by atoms with E-state index in [2.05, 4.69) is 32.0 Å². The second-order valence-electron chi connectivity index (χ2n) is 4.21. The highest BCUT2D eigenvalue weighted by Crippen LogP contribution is 2.34. The summed E-state index contributed by atoms with van der Waals surface area (Å²) in [6, 6.07) is 6.84. The van der Waals surface area contributed by atoms with Gasteiger partial charge in [0.2, 0.25) is 0 Å². The van der Waals surface area contributed by atoms with Crippen LogP contribution in [0.5, 0.6) is 0 Å². The third-order valence-corrected chi connectivity index (χ3v) is 2.98. The molecule has 1 aliphatic rings. The first-order chi connectivity index (χ1) is 6.20. The molecule has 0 saturated heterocycles. The molecule has 13 heavy (non-hydrogen) atoms. The molecular formula is C12H17N. The van der Waals surface area contributed by atoms with E-state index in [1.807, 2.05) is 0 Å². The first-order valence-electron chi connectivity index (χ1n) is 5.07. The van der Waals surface area contributed by atoms with E-state index in [-0.39, 0.29) is 6.04 Å². The van der Waals surface area contributed by atoms with Gasteiger partial charge in [0, 0.05) is 6.04 Å². The topological polar surface area (TPSA) is 26.0 Å². The summed E-state index contributed by atoms with van der Waals surface area (Å²) in [5, 5.41) is 0. The van der Waals surface area contributed by atoms with Gasteiger partial charge in [-0.15, -0.1) is 0 Å². The number of rotatable bonds is 1. The zero-order valence-corrected chi connectivity index (χ0v) is 8.38. The molecule has 1 aromatic carbocycles. The lowest BCUT2D eigenvalue weighted by atomic mass is 9.94. The molecule has 0 bridgehead atoms. The first-order valence-corrected chi connectivity index (χ1v) is 5.07. The van der Waals surface area contributed by atoms with E-state index in [0.717, 1.165) is 6.42 Å². The predicted octanol–water partition coefficient (Wildman–Crippen LogP) is 2.76. The maximum atomic E-state index is 6.02. The highest BCUT2D eigenvalue weighted by Gasteiger charge is 2.21. The molecule has 1 nitrogen and oxygen atoms in total. The van der Waals surface area contributed by atoms with Crippen LogP contribution in [-0.4, -0.2) is 0 Å². The quantitative estimate of drug-likeness (QED) is 0.697. The summed E-state index contributed by atoms with van der Waals surface area (Å²) in [6.07, 6.45) is 2.30. The summed E-state index contributed by atoms with van der Waals surface area (Å²) in [5.74, 6) is 0.625. The fraction of sp³-hybridized carbons (Fsp3) is 0.500. The summed E-state index contributed by atoms with van der Waals surface area (Å²) in [7, 11) is 0. The van der Waals surface area contributed by atoms with E-state index < -0.39 is 0 Å². The van der Waals surface area contributed by atoms with Gasteiger partial charge < -0.3 is 5.73 Å². The summed E-state index contributed by atoms with van der Waals surface area (Å²) in [4.78, 5) is 0. The molecule has 0 heterocycles. The summed E-state index contributed by atoms with van der Waals surface area (Å²) in [6.45, 7) is 4.50. The zero-order valence-electron chi connectivity index (χ0n) is 8.38. The third-order valence-electron chi connectivity index (χ3n) is 2.98. The zero-order chi connectivity index (χ0) is 9.42. The molecule has 1 atom stereocenters. The molecule has 0 aliphatic heterocycles. The van der Waals surface area contributed by atoms with Crippen LogP contribution < -0.4 is 5.73 Å². The number of fused-ring (bicyclic) bond motifs is 1. The van der Waals surface area contributed by atoms with Gasteiger partial charge in [0.15, 0.2) is 0 Å². The number of hydrogen-bond donors (Lipinski definition) is 1. The molecule has 2 rings (SSSR count). The average Bonchev–Trinajstić information content (AvgIpc) is 2.48. The van der Waals surface area contributed by atoms with Crippen molar-refractivity contribution < 1.29 is 0 Å². The lowest BCUT2D eigenvalue weighted by Gasteiger charge is -2.12. The van der Waals surface area contributed by atoms with Crippen LogP contribution in [0.1, 0.15) is 48.9 Å². The van der Waals surface area contributed by atoms with Crippen LogP contribution in [0.4, 0.5) is 0 Å². The molecule has 0 spiro atoms. The second-order valence-corrected chi connectivity index (χ2v) is 4.21. The SMILES string of the molecule is CC(C)c1cccc2c1CC[C@H]2N. The molecular weight excluding hydrogens is 158 g/mol. The summed E-state index contributed by atoms with van der Waals surface area (Å²) in [5.41, 5.74) is 10.4. The van der Waals surface area contributed by atoms with Crippen LogP contribution in [0.3, 0.4) is 0 Å². The van der Waals surface area contributed by atoms with Crippen molar-refractivity contribution in [2.24, 2.45) is 5.73 Å². The van der Waals surface area contributed by atoms with Gasteiger partial charge >= 0.3 is 0 Å². The van der Waals surface area contributed by atoms with Crippen molar-refractivity contribution in [2.45, 2.75) is 38.6 Å². The van der Waals surface area contributed by atoms with Gasteiger partial charge in [0.25, 0.3) is 0 Å². The van der Waals surface area contributed by atoms with E-state index in [1.165, 1.54) is 23.1 Å². The molecule has 0 amide bonds. The Kier molecular flexibility index (Phi) is 2.12. The van der Waals surface area contributed by atoms with Crippen LogP contribution in [0.25, 0.3) is 0 Å². The van der Waals surface area contributed by atoms with E-state index in [9.17, 15) is 0 Å². The van der Waals surface area contributed by atoms with E-state index >= 15 is 0 Å². The largest absolute Gasteiger partial charge is 0.324 e. The van der Waals surface area contributed by atoms with E-state index in [4.69, 9.17) is 5.73 Å². The highest BCUT2D eigenvalue weighted by atomic mass is 14.6. The Morgan fingerprint density at radius 2 is 2.15 bits per heavy atom. The summed E-state index contributed by atoms with van der Waals surface area (Å²) >= 11 is 0. The molecule has 1 aromatic rings. The van der Waals surface area contributed by atoms with Gasteiger partial charge in [0.05, 0.1) is 0 Å². The first kappa shape index (κ1) is 8.76. The molecule has 0 radical (unpaired) electrons. The number of hydrogen-bond acceptors (Lipinski definition) is 1. The smallest absolute Gasteiger partial charge is 0.0300 e. The Bertz CT molecular complexity index is 315. The second kappa shape index (κ2) is 3.15. The predicted molar refractivity (Wildman–Crippen MR) is 55.8 cm³/mol. The Labute approximate surface area is 80.0 Å². The molecule has 70 valence electrons. The monoisotopic (exact) mass is 175 g/mol. The minimum atomic E-state index is 0.286. The van der Waals surface area contributed by atoms with Crippen molar-refractivity contribution in [2.75, 3.05) is 0 Å². The van der Waals surface area contributed by atoms with Gasteiger partial charge in [-0.3, -0.25) is 0 Å². The van der Waals surface area contributed by atoms with Crippen LogP contribution in [0.2, 0.25) is 0 Å². The molecule has 1 aliphatic carbocycles. The van der Waals surface area contributed by atoms with E-state index in [1.54, 1.807) is 0 Å². The Morgan fingerprint density at radius 3 is 2.85 bits per heavy atom. The minimum absolute atomic E-state index is 0.286. The molecule has 2 N–H and O–H groups in total. The van der Waals surface area contributed by atoms with Gasteiger partial charge in [-0.25, -0.2) is 0 Å². The Morgan fingerprint density at radius 1 is 1.38 bits per heavy atom. The average molecular weight is 175 g/mol. The Hall–Kier alpha value is -0.820. The van der Waals surface area contributed by atoms with Crippen LogP contribution in [0, 0.1) is 0 Å². The van der Waals surface area contributed by atoms with Crippen molar-refractivity contribution in [1.82, 2.24) is 0 Å². The van der Waals surface area contributed by atoms with Crippen LogP contribution in [-0.2, 0) is 6.42 Å².